The van der Waals surface area contributed by atoms with Gasteiger partial charge in [-0.2, -0.15) is 5.10 Å². The summed E-state index contributed by atoms with van der Waals surface area (Å²) in [4.78, 5) is 4.42. The molecule has 0 aliphatic carbocycles. The largest absolute Gasteiger partial charge is 0.240 e. The van der Waals surface area contributed by atoms with Crippen molar-refractivity contribution in [1.29, 1.82) is 0 Å². The zero-order valence-corrected chi connectivity index (χ0v) is 12.2. The lowest BCUT2D eigenvalue weighted by atomic mass is 10.1. The fourth-order valence-electron chi connectivity index (χ4n) is 2.58. The van der Waals surface area contributed by atoms with E-state index in [1.165, 1.54) is 5.56 Å². The maximum atomic E-state index is 6.28. The van der Waals surface area contributed by atoms with E-state index < -0.39 is 0 Å². The van der Waals surface area contributed by atoms with Crippen LogP contribution >= 0.6 is 11.6 Å². The van der Waals surface area contributed by atoms with E-state index >= 15 is 0 Å². The van der Waals surface area contributed by atoms with Crippen molar-refractivity contribution in [3.05, 3.63) is 65.4 Å². The lowest BCUT2D eigenvalue weighted by Crippen LogP contribution is -1.94. The number of rotatable bonds is 1. The highest BCUT2D eigenvalue weighted by atomic mass is 35.5. The Morgan fingerprint density at radius 2 is 1.86 bits per heavy atom. The Bertz CT molecular complexity index is 972. The van der Waals surface area contributed by atoms with Crippen molar-refractivity contribution in [2.45, 2.75) is 6.92 Å². The summed E-state index contributed by atoms with van der Waals surface area (Å²) in [6.07, 6.45) is 2.01. The van der Waals surface area contributed by atoms with Gasteiger partial charge in [-0.3, -0.25) is 0 Å². The van der Waals surface area contributed by atoms with Crippen molar-refractivity contribution in [3.63, 3.8) is 0 Å². The van der Waals surface area contributed by atoms with Crippen LogP contribution in [0.1, 0.15) is 5.56 Å². The molecule has 0 saturated carbocycles. The molecule has 0 bridgehead atoms. The Morgan fingerprint density at radius 3 is 2.71 bits per heavy atom. The number of para-hydroxylation sites is 1. The zero-order valence-electron chi connectivity index (χ0n) is 11.4. The number of pyridine rings is 1. The van der Waals surface area contributed by atoms with E-state index in [0.717, 1.165) is 27.5 Å². The van der Waals surface area contributed by atoms with Crippen LogP contribution in [0.2, 0.25) is 5.15 Å². The van der Waals surface area contributed by atoms with Crippen LogP contribution < -0.4 is 0 Å². The first-order chi connectivity index (χ1) is 10.2. The average molecular weight is 294 g/mol. The van der Waals surface area contributed by atoms with Crippen LogP contribution in [-0.2, 0) is 0 Å². The van der Waals surface area contributed by atoms with Crippen molar-refractivity contribution in [2.24, 2.45) is 0 Å². The van der Waals surface area contributed by atoms with Crippen LogP contribution in [0.15, 0.2) is 54.7 Å². The van der Waals surface area contributed by atoms with Gasteiger partial charge >= 0.3 is 0 Å². The van der Waals surface area contributed by atoms with E-state index in [0.29, 0.717) is 5.15 Å². The normalized spacial score (nSPS) is 11.3. The molecule has 21 heavy (non-hydrogen) atoms. The Morgan fingerprint density at radius 1 is 1.00 bits per heavy atom. The summed E-state index contributed by atoms with van der Waals surface area (Å²) in [5.41, 5.74) is 3.84. The Hall–Kier alpha value is -2.39. The fourth-order valence-corrected chi connectivity index (χ4v) is 2.81. The topological polar surface area (TPSA) is 30.7 Å². The van der Waals surface area contributed by atoms with Gasteiger partial charge in [0.25, 0.3) is 0 Å². The van der Waals surface area contributed by atoms with Crippen LogP contribution in [0, 0.1) is 6.92 Å². The second kappa shape index (κ2) is 4.57. The zero-order chi connectivity index (χ0) is 14.4. The molecule has 0 saturated heterocycles. The molecular weight excluding hydrogens is 282 g/mol. The quantitative estimate of drug-likeness (QED) is 0.483. The number of aryl methyl sites for hydroxylation is 1. The summed E-state index contributed by atoms with van der Waals surface area (Å²) in [7, 11) is 0. The minimum absolute atomic E-state index is 0.440. The van der Waals surface area contributed by atoms with Crippen LogP contribution in [0.25, 0.3) is 27.5 Å². The van der Waals surface area contributed by atoms with E-state index in [9.17, 15) is 0 Å². The molecule has 4 rings (SSSR count). The van der Waals surface area contributed by atoms with E-state index in [-0.39, 0.29) is 0 Å². The fraction of sp³-hybridized carbons (Fsp3) is 0.0588. The van der Waals surface area contributed by atoms with Crippen molar-refractivity contribution in [3.8, 4) is 5.69 Å². The van der Waals surface area contributed by atoms with E-state index in [4.69, 9.17) is 11.6 Å². The van der Waals surface area contributed by atoms with Gasteiger partial charge in [0.1, 0.15) is 5.52 Å². The monoisotopic (exact) mass is 293 g/mol. The molecule has 0 aliphatic heterocycles. The molecule has 2 heterocycles. The number of hydrogen-bond acceptors (Lipinski definition) is 2. The first kappa shape index (κ1) is 12.4. The minimum Gasteiger partial charge on any atom is -0.240 e. The number of halogens is 1. The molecule has 0 aliphatic rings. The van der Waals surface area contributed by atoms with E-state index in [1.54, 1.807) is 0 Å². The Kier molecular flexibility index (Phi) is 2.69. The highest BCUT2D eigenvalue weighted by molar-refractivity contribution is 6.35. The summed E-state index contributed by atoms with van der Waals surface area (Å²) in [5.74, 6) is 0. The number of nitrogens with zero attached hydrogens (tertiary/aromatic N) is 3. The molecule has 0 N–H and O–H groups in total. The van der Waals surface area contributed by atoms with Gasteiger partial charge in [-0.15, -0.1) is 0 Å². The third-order valence-electron chi connectivity index (χ3n) is 3.59. The van der Waals surface area contributed by atoms with Gasteiger partial charge in [0.15, 0.2) is 5.15 Å². The summed E-state index contributed by atoms with van der Waals surface area (Å²) in [6, 6.07) is 16.2. The molecule has 4 aromatic rings. The number of benzene rings is 2. The Balaban J connectivity index is 2.06. The van der Waals surface area contributed by atoms with Crippen molar-refractivity contribution in [1.82, 2.24) is 14.8 Å². The minimum atomic E-state index is 0.440. The van der Waals surface area contributed by atoms with Gasteiger partial charge < -0.3 is 0 Å². The van der Waals surface area contributed by atoms with Crippen molar-refractivity contribution >= 4 is 33.4 Å². The maximum Gasteiger partial charge on any atom is 0.157 e. The number of hydrogen-bond donors (Lipinski definition) is 0. The predicted octanol–water partition coefficient (Wildman–Crippen LogP) is 4.54. The molecule has 0 amide bonds. The van der Waals surface area contributed by atoms with Gasteiger partial charge in [0.2, 0.25) is 0 Å². The van der Waals surface area contributed by atoms with Gasteiger partial charge in [-0.05, 0) is 30.7 Å². The first-order valence-corrected chi connectivity index (χ1v) is 7.11. The lowest BCUT2D eigenvalue weighted by molar-refractivity contribution is 0.894. The highest BCUT2D eigenvalue weighted by Gasteiger charge is 2.11. The van der Waals surface area contributed by atoms with Crippen LogP contribution in [-0.4, -0.2) is 14.8 Å². The lowest BCUT2D eigenvalue weighted by Gasteiger charge is -2.01. The second-order valence-corrected chi connectivity index (χ2v) is 5.45. The summed E-state index contributed by atoms with van der Waals surface area (Å²) in [5, 5.41) is 7.12. The molecule has 0 fully saturated rings. The third kappa shape index (κ3) is 1.98. The molecule has 2 aromatic carbocycles. The van der Waals surface area contributed by atoms with Crippen molar-refractivity contribution in [2.75, 3.05) is 0 Å². The molecule has 2 aromatic heterocycles. The van der Waals surface area contributed by atoms with Gasteiger partial charge in [-0.25, -0.2) is 9.67 Å². The third-order valence-corrected chi connectivity index (χ3v) is 3.85. The summed E-state index contributed by atoms with van der Waals surface area (Å²) >= 11 is 6.28. The summed E-state index contributed by atoms with van der Waals surface area (Å²) < 4.78 is 1.86. The predicted molar refractivity (Wildman–Crippen MR) is 86.1 cm³/mol. The van der Waals surface area contributed by atoms with E-state index in [2.05, 4.69) is 29.1 Å². The number of aromatic nitrogens is 3. The van der Waals surface area contributed by atoms with Crippen LogP contribution in [0.4, 0.5) is 0 Å². The molecule has 3 nitrogen and oxygen atoms in total. The molecule has 4 heteroatoms. The standard InChI is InChI=1S/C17H12ClN3/c1-11-5-4-6-12(9-11)21-10-14-13-7-2-3-8-15(13)19-17(18)16(14)20-21/h2-10H,1H3. The average Bonchev–Trinajstić information content (AvgIpc) is 2.93. The Labute approximate surface area is 126 Å². The molecule has 102 valence electrons. The second-order valence-electron chi connectivity index (χ2n) is 5.09. The van der Waals surface area contributed by atoms with Crippen molar-refractivity contribution < 1.29 is 0 Å². The van der Waals surface area contributed by atoms with E-state index in [1.807, 2.05) is 47.3 Å². The maximum absolute atomic E-state index is 6.28. The van der Waals surface area contributed by atoms with Gasteiger partial charge in [0, 0.05) is 17.0 Å². The molecule has 0 spiro atoms. The molecular formula is C17H12ClN3. The number of fused-ring (bicyclic) bond motifs is 3. The highest BCUT2D eigenvalue weighted by Crippen LogP contribution is 2.29. The molecule has 0 unspecified atom stereocenters. The molecule has 0 radical (unpaired) electrons. The van der Waals surface area contributed by atoms with Gasteiger partial charge in [0.05, 0.1) is 11.2 Å². The summed E-state index contributed by atoms with van der Waals surface area (Å²) in [6.45, 7) is 2.07. The first-order valence-electron chi connectivity index (χ1n) is 6.73. The van der Waals surface area contributed by atoms with Crippen LogP contribution in [0.3, 0.4) is 0 Å². The smallest absolute Gasteiger partial charge is 0.157 e. The SMILES string of the molecule is Cc1cccc(-n2cc3c(n2)c(Cl)nc2ccccc23)c1. The van der Waals surface area contributed by atoms with Crippen LogP contribution in [0.5, 0.6) is 0 Å². The molecule has 0 atom stereocenters. The van der Waals surface area contributed by atoms with Gasteiger partial charge in [-0.1, -0.05) is 41.9 Å².